The molecule has 2 aromatic rings. The molecule has 0 bridgehead atoms. The highest BCUT2D eigenvalue weighted by atomic mass is 16.7. The zero-order chi connectivity index (χ0) is 15.5. The van der Waals surface area contributed by atoms with Crippen molar-refractivity contribution in [3.8, 4) is 11.5 Å². The molecule has 22 heavy (non-hydrogen) atoms. The van der Waals surface area contributed by atoms with Crippen LogP contribution in [-0.4, -0.2) is 29.0 Å². The molecule has 0 aliphatic carbocycles. The smallest absolute Gasteiger partial charge is 0.319 e. The first-order chi connectivity index (χ1) is 10.6. The molecular weight excluding hydrogens is 286 g/mol. The number of anilines is 1. The highest BCUT2D eigenvalue weighted by Gasteiger charge is 2.15. The molecule has 0 spiro atoms. The Bertz CT molecular complexity index is 683. The summed E-state index contributed by atoms with van der Waals surface area (Å²) in [6, 6.07) is 8.40. The number of aliphatic hydroxyl groups excluding tert-OH is 1. The van der Waals surface area contributed by atoms with Gasteiger partial charge in [0.15, 0.2) is 11.5 Å². The second-order valence-corrected chi connectivity index (χ2v) is 4.96. The van der Waals surface area contributed by atoms with E-state index in [2.05, 4.69) is 10.6 Å². The fraction of sp³-hybridized carbons (Fsp3) is 0.267. The Morgan fingerprint density at radius 2 is 2.18 bits per heavy atom. The zero-order valence-corrected chi connectivity index (χ0v) is 12.1. The minimum absolute atomic E-state index is 0.119. The predicted molar refractivity (Wildman–Crippen MR) is 80.0 cm³/mol. The summed E-state index contributed by atoms with van der Waals surface area (Å²) in [6.07, 6.45) is 1.08. The normalized spacial score (nSPS) is 13.7. The SMILES string of the molecule is Cn1cccc1C(O)CNC(=O)Nc1ccc2c(c1)OCO2. The van der Waals surface area contributed by atoms with Crippen molar-refractivity contribution in [3.63, 3.8) is 0 Å². The van der Waals surface area contributed by atoms with Gasteiger partial charge in [-0.15, -0.1) is 0 Å². The maximum absolute atomic E-state index is 11.9. The predicted octanol–water partition coefficient (Wildman–Crippen LogP) is 1.61. The van der Waals surface area contributed by atoms with Crippen molar-refractivity contribution in [2.75, 3.05) is 18.7 Å². The molecule has 1 aromatic heterocycles. The summed E-state index contributed by atoms with van der Waals surface area (Å²) in [4.78, 5) is 11.9. The van der Waals surface area contributed by atoms with Gasteiger partial charge in [-0.25, -0.2) is 4.79 Å². The minimum atomic E-state index is -0.762. The van der Waals surface area contributed by atoms with Gasteiger partial charge < -0.3 is 29.8 Å². The number of carbonyl (C=O) groups excluding carboxylic acids is 1. The molecule has 2 amide bonds. The fourth-order valence-corrected chi connectivity index (χ4v) is 2.26. The Morgan fingerprint density at radius 1 is 1.36 bits per heavy atom. The molecular formula is C15H17N3O4. The van der Waals surface area contributed by atoms with E-state index in [-0.39, 0.29) is 13.3 Å². The Hall–Kier alpha value is -2.67. The number of benzene rings is 1. The topological polar surface area (TPSA) is 84.8 Å². The molecule has 3 rings (SSSR count). The third-order valence-corrected chi connectivity index (χ3v) is 3.41. The maximum atomic E-state index is 11.9. The van der Waals surface area contributed by atoms with Crippen molar-refractivity contribution in [3.05, 3.63) is 42.2 Å². The largest absolute Gasteiger partial charge is 0.454 e. The number of hydrogen-bond acceptors (Lipinski definition) is 4. The van der Waals surface area contributed by atoms with E-state index >= 15 is 0 Å². The lowest BCUT2D eigenvalue weighted by Crippen LogP contribution is -2.32. The first-order valence-corrected chi connectivity index (χ1v) is 6.87. The van der Waals surface area contributed by atoms with Crippen LogP contribution in [0.15, 0.2) is 36.5 Å². The van der Waals surface area contributed by atoms with Crippen LogP contribution in [0.5, 0.6) is 11.5 Å². The van der Waals surface area contributed by atoms with Gasteiger partial charge >= 0.3 is 6.03 Å². The minimum Gasteiger partial charge on any atom is -0.454 e. The molecule has 1 aromatic carbocycles. The molecule has 3 N–H and O–H groups in total. The van der Waals surface area contributed by atoms with Crippen LogP contribution in [-0.2, 0) is 7.05 Å². The van der Waals surface area contributed by atoms with Gasteiger partial charge in [-0.3, -0.25) is 0 Å². The third kappa shape index (κ3) is 2.99. The van der Waals surface area contributed by atoms with E-state index in [0.717, 1.165) is 5.69 Å². The van der Waals surface area contributed by atoms with Crippen molar-refractivity contribution < 1.29 is 19.4 Å². The van der Waals surface area contributed by atoms with Gasteiger partial charge in [0.25, 0.3) is 0 Å². The number of ether oxygens (including phenoxy) is 2. The van der Waals surface area contributed by atoms with Crippen LogP contribution in [0.1, 0.15) is 11.8 Å². The third-order valence-electron chi connectivity index (χ3n) is 3.41. The van der Waals surface area contributed by atoms with E-state index in [4.69, 9.17) is 9.47 Å². The summed E-state index contributed by atoms with van der Waals surface area (Å²) in [5.41, 5.74) is 1.33. The molecule has 0 fully saturated rings. The lowest BCUT2D eigenvalue weighted by atomic mass is 10.2. The average Bonchev–Trinajstić information content (AvgIpc) is 3.12. The van der Waals surface area contributed by atoms with Gasteiger partial charge in [-0.2, -0.15) is 0 Å². The fourth-order valence-electron chi connectivity index (χ4n) is 2.26. The second kappa shape index (κ2) is 5.98. The highest BCUT2D eigenvalue weighted by Crippen LogP contribution is 2.34. The molecule has 7 nitrogen and oxygen atoms in total. The number of fused-ring (bicyclic) bond motifs is 1. The van der Waals surface area contributed by atoms with E-state index in [1.54, 1.807) is 18.2 Å². The first kappa shape index (κ1) is 14.3. The number of aliphatic hydroxyl groups is 1. The van der Waals surface area contributed by atoms with Crippen molar-refractivity contribution in [1.29, 1.82) is 0 Å². The van der Waals surface area contributed by atoms with Crippen molar-refractivity contribution in [2.24, 2.45) is 7.05 Å². The Labute approximate surface area is 127 Å². The van der Waals surface area contributed by atoms with Crippen molar-refractivity contribution in [1.82, 2.24) is 9.88 Å². The van der Waals surface area contributed by atoms with E-state index in [9.17, 15) is 9.90 Å². The lowest BCUT2D eigenvalue weighted by Gasteiger charge is -2.13. The molecule has 0 radical (unpaired) electrons. The monoisotopic (exact) mass is 303 g/mol. The number of amides is 2. The second-order valence-electron chi connectivity index (χ2n) is 4.96. The van der Waals surface area contributed by atoms with Crippen LogP contribution in [0, 0.1) is 0 Å². The van der Waals surface area contributed by atoms with Gasteiger partial charge in [0.2, 0.25) is 6.79 Å². The van der Waals surface area contributed by atoms with Gasteiger partial charge in [0.1, 0.15) is 6.10 Å². The number of nitrogens with zero attached hydrogens (tertiary/aromatic N) is 1. The summed E-state index contributed by atoms with van der Waals surface area (Å²) in [5, 5.41) is 15.3. The lowest BCUT2D eigenvalue weighted by molar-refractivity contribution is 0.167. The first-order valence-electron chi connectivity index (χ1n) is 6.87. The number of aryl methyl sites for hydroxylation is 1. The zero-order valence-electron chi connectivity index (χ0n) is 12.1. The molecule has 0 saturated heterocycles. The molecule has 1 unspecified atom stereocenters. The molecule has 1 atom stereocenters. The summed E-state index contributed by atoms with van der Waals surface area (Å²) < 4.78 is 12.3. The summed E-state index contributed by atoms with van der Waals surface area (Å²) in [5.74, 6) is 1.26. The van der Waals surface area contributed by atoms with E-state index in [1.165, 1.54) is 0 Å². The van der Waals surface area contributed by atoms with Gasteiger partial charge in [0, 0.05) is 30.7 Å². The van der Waals surface area contributed by atoms with Crippen LogP contribution in [0.25, 0.3) is 0 Å². The number of urea groups is 1. The van der Waals surface area contributed by atoms with Crippen LogP contribution in [0.4, 0.5) is 10.5 Å². The van der Waals surface area contributed by atoms with Crippen LogP contribution >= 0.6 is 0 Å². The Kier molecular flexibility index (Phi) is 3.88. The van der Waals surface area contributed by atoms with Gasteiger partial charge in [-0.05, 0) is 24.3 Å². The number of aromatic nitrogens is 1. The highest BCUT2D eigenvalue weighted by molar-refractivity contribution is 5.89. The summed E-state index contributed by atoms with van der Waals surface area (Å²) in [6.45, 7) is 0.308. The molecule has 2 heterocycles. The quantitative estimate of drug-likeness (QED) is 0.801. The van der Waals surface area contributed by atoms with E-state index < -0.39 is 12.1 Å². The molecule has 0 saturated carbocycles. The van der Waals surface area contributed by atoms with E-state index in [0.29, 0.717) is 17.2 Å². The molecule has 1 aliphatic rings. The number of rotatable bonds is 4. The van der Waals surface area contributed by atoms with Crippen molar-refractivity contribution >= 4 is 11.7 Å². The molecule has 7 heteroatoms. The number of carbonyl (C=O) groups is 1. The number of nitrogens with one attached hydrogen (secondary N) is 2. The Morgan fingerprint density at radius 3 is 2.95 bits per heavy atom. The average molecular weight is 303 g/mol. The van der Waals surface area contributed by atoms with E-state index in [1.807, 2.05) is 29.9 Å². The number of hydrogen-bond donors (Lipinski definition) is 3. The summed E-state index contributed by atoms with van der Waals surface area (Å²) in [7, 11) is 1.84. The van der Waals surface area contributed by atoms with Gasteiger partial charge in [-0.1, -0.05) is 0 Å². The standard InChI is InChI=1S/C15H17N3O4/c1-18-6-2-3-11(18)12(19)8-16-15(20)17-10-4-5-13-14(7-10)22-9-21-13/h2-7,12,19H,8-9H2,1H3,(H2,16,17,20). The van der Waals surface area contributed by atoms with Crippen LogP contribution < -0.4 is 20.1 Å². The maximum Gasteiger partial charge on any atom is 0.319 e. The van der Waals surface area contributed by atoms with Gasteiger partial charge in [0.05, 0.1) is 6.54 Å². The summed E-state index contributed by atoms with van der Waals surface area (Å²) >= 11 is 0. The molecule has 1 aliphatic heterocycles. The van der Waals surface area contributed by atoms with Crippen LogP contribution in [0.2, 0.25) is 0 Å². The van der Waals surface area contributed by atoms with Crippen molar-refractivity contribution in [2.45, 2.75) is 6.10 Å². The van der Waals surface area contributed by atoms with Crippen LogP contribution in [0.3, 0.4) is 0 Å². The Balaban J connectivity index is 1.53. The molecule has 116 valence electrons.